The van der Waals surface area contributed by atoms with Gasteiger partial charge in [-0.05, 0) is 55.7 Å². The average Bonchev–Trinajstić information content (AvgIpc) is 2.86. The number of hydrogen-bond donors (Lipinski definition) is 1. The van der Waals surface area contributed by atoms with Crippen LogP contribution in [-0.4, -0.2) is 43.2 Å². The number of benzene rings is 2. The molecule has 0 saturated heterocycles. The van der Waals surface area contributed by atoms with Crippen molar-refractivity contribution in [3.05, 3.63) is 82.2 Å². The molecular formula is C28H29F6N3O3. The number of anilines is 1. The summed E-state index contributed by atoms with van der Waals surface area (Å²) in [5, 5.41) is 22.3. The molecule has 0 bridgehead atoms. The quantitative estimate of drug-likeness (QED) is 0.201. The molecule has 12 heteroatoms. The second-order valence-corrected chi connectivity index (χ2v) is 10.2. The van der Waals surface area contributed by atoms with Gasteiger partial charge in [-0.25, -0.2) is 4.98 Å². The van der Waals surface area contributed by atoms with E-state index >= 15 is 0 Å². The molecule has 1 N–H and O–H groups in total. The highest BCUT2D eigenvalue weighted by Crippen LogP contribution is 2.41. The monoisotopic (exact) mass is 569 g/mol. The van der Waals surface area contributed by atoms with Crippen LogP contribution in [0.2, 0.25) is 0 Å². The lowest BCUT2D eigenvalue weighted by Crippen LogP contribution is -2.43. The summed E-state index contributed by atoms with van der Waals surface area (Å²) in [5.74, 6) is -0.775. The van der Waals surface area contributed by atoms with E-state index in [0.29, 0.717) is 23.3 Å². The maximum atomic E-state index is 13.8. The number of likely N-dealkylation sites (N-methyl/N-ethyl adjacent to an activating group) is 2. The summed E-state index contributed by atoms with van der Waals surface area (Å²) in [6, 6.07) is 9.61. The zero-order valence-electron chi connectivity index (χ0n) is 22.5. The van der Waals surface area contributed by atoms with Gasteiger partial charge in [0.1, 0.15) is 6.54 Å². The number of aliphatic hydroxyl groups excluding tert-OH is 1. The van der Waals surface area contributed by atoms with Gasteiger partial charge in [0.15, 0.2) is 0 Å². The summed E-state index contributed by atoms with van der Waals surface area (Å²) in [6.07, 6.45) is -8.89. The van der Waals surface area contributed by atoms with Crippen molar-refractivity contribution in [2.24, 2.45) is 0 Å². The topological polar surface area (TPSA) is 76.5 Å². The first kappa shape index (κ1) is 31.1. The highest BCUT2D eigenvalue weighted by molar-refractivity contribution is 6.03. The minimum Gasteiger partial charge on any atom is -0.626 e. The number of carbonyl (C=O) groups is 1. The molecule has 6 nitrogen and oxygen atoms in total. The van der Waals surface area contributed by atoms with E-state index < -0.39 is 51.6 Å². The van der Waals surface area contributed by atoms with Crippen molar-refractivity contribution in [1.82, 2.24) is 9.63 Å². The number of amides is 1. The molecule has 0 aliphatic heterocycles. The second kappa shape index (κ2) is 10.8. The Bertz CT molecular complexity index is 1370. The minimum absolute atomic E-state index is 0.0112. The Balaban J connectivity index is 2.18. The molecule has 1 heterocycles. The van der Waals surface area contributed by atoms with E-state index in [0.717, 1.165) is 10.5 Å². The number of halogens is 6. The standard InChI is InChI=1S/C28H29F6N3O3/c1-17-8-6-7-9-21(17)22-15-24(37(5,40)10-11-38)35-16-23(22)36(4)25(39)26(2,3)18-12-19(27(29,30)31)14-20(13-18)28(32,33)34/h6-9,12-16,38H,10-11H2,1-5H3. The maximum Gasteiger partial charge on any atom is 0.416 e. The van der Waals surface area contributed by atoms with E-state index in [9.17, 15) is 41.5 Å². The highest BCUT2D eigenvalue weighted by atomic mass is 19.4. The molecule has 0 fully saturated rings. The molecule has 0 aliphatic rings. The number of quaternary nitrogens is 1. The van der Waals surface area contributed by atoms with Crippen LogP contribution in [0.25, 0.3) is 11.1 Å². The number of aryl methyl sites for hydroxylation is 1. The number of alkyl halides is 6. The number of nitrogens with zero attached hydrogens (tertiary/aromatic N) is 3. The largest absolute Gasteiger partial charge is 0.626 e. The van der Waals surface area contributed by atoms with E-state index in [1.54, 1.807) is 31.2 Å². The molecule has 1 unspecified atom stereocenters. The third kappa shape index (κ3) is 6.29. The number of hydroxylamine groups is 2. The van der Waals surface area contributed by atoms with Crippen LogP contribution in [0.1, 0.15) is 36.1 Å². The van der Waals surface area contributed by atoms with Gasteiger partial charge in [-0.1, -0.05) is 24.3 Å². The number of aliphatic hydroxyl groups is 1. The van der Waals surface area contributed by atoms with Crippen molar-refractivity contribution in [3.63, 3.8) is 0 Å². The zero-order valence-corrected chi connectivity index (χ0v) is 22.5. The minimum atomic E-state index is -5.07. The van der Waals surface area contributed by atoms with Crippen LogP contribution < -0.4 is 9.55 Å². The molecule has 0 aliphatic carbocycles. The summed E-state index contributed by atoms with van der Waals surface area (Å²) in [5.41, 5.74) is -3.38. The first-order valence-corrected chi connectivity index (χ1v) is 12.1. The van der Waals surface area contributed by atoms with Crippen LogP contribution in [0.5, 0.6) is 0 Å². The van der Waals surface area contributed by atoms with Crippen LogP contribution in [0.3, 0.4) is 0 Å². The first-order valence-electron chi connectivity index (χ1n) is 12.1. The van der Waals surface area contributed by atoms with Crippen molar-refractivity contribution in [1.29, 1.82) is 0 Å². The molecular weight excluding hydrogens is 540 g/mol. The van der Waals surface area contributed by atoms with Gasteiger partial charge < -0.3 is 19.9 Å². The van der Waals surface area contributed by atoms with Crippen LogP contribution in [0, 0.1) is 12.1 Å². The van der Waals surface area contributed by atoms with Crippen molar-refractivity contribution < 1.29 is 36.2 Å². The van der Waals surface area contributed by atoms with Crippen molar-refractivity contribution in [2.45, 2.75) is 38.5 Å². The van der Waals surface area contributed by atoms with Crippen molar-refractivity contribution in [3.8, 4) is 11.1 Å². The lowest BCUT2D eigenvalue weighted by atomic mass is 9.81. The fourth-order valence-electron chi connectivity index (χ4n) is 4.33. The molecule has 3 rings (SSSR count). The van der Waals surface area contributed by atoms with E-state index in [-0.39, 0.29) is 24.1 Å². The second-order valence-electron chi connectivity index (χ2n) is 10.2. The Morgan fingerprint density at radius 1 is 0.950 bits per heavy atom. The lowest BCUT2D eigenvalue weighted by Gasteiger charge is -2.37. The molecule has 1 amide bonds. The Hall–Kier alpha value is -3.48. The van der Waals surface area contributed by atoms with Gasteiger partial charge in [0, 0.05) is 18.7 Å². The normalized spacial score (nSPS) is 14.1. The van der Waals surface area contributed by atoms with E-state index in [1.807, 2.05) is 0 Å². The van der Waals surface area contributed by atoms with Gasteiger partial charge in [-0.15, -0.1) is 0 Å². The van der Waals surface area contributed by atoms with Gasteiger partial charge in [-0.2, -0.15) is 26.3 Å². The molecule has 40 heavy (non-hydrogen) atoms. The lowest BCUT2D eigenvalue weighted by molar-refractivity contribution is -0.143. The molecule has 3 aromatic rings. The van der Waals surface area contributed by atoms with Crippen molar-refractivity contribution >= 4 is 17.4 Å². The summed E-state index contributed by atoms with van der Waals surface area (Å²) >= 11 is 0. The van der Waals surface area contributed by atoms with Crippen LogP contribution in [0.15, 0.2) is 54.7 Å². The Morgan fingerprint density at radius 3 is 1.98 bits per heavy atom. The van der Waals surface area contributed by atoms with E-state index in [1.165, 1.54) is 40.2 Å². The number of pyridine rings is 1. The predicted molar refractivity (Wildman–Crippen MR) is 140 cm³/mol. The summed E-state index contributed by atoms with van der Waals surface area (Å²) in [4.78, 5) is 19.1. The summed E-state index contributed by atoms with van der Waals surface area (Å²) < 4.78 is 80.0. The van der Waals surface area contributed by atoms with E-state index in [2.05, 4.69) is 4.98 Å². The number of carbonyl (C=O) groups excluding carboxylic acids is 1. The zero-order chi connectivity index (χ0) is 30.3. The first-order chi connectivity index (χ1) is 18.3. The van der Waals surface area contributed by atoms with Crippen LogP contribution in [-0.2, 0) is 22.6 Å². The molecule has 0 spiro atoms. The molecule has 216 valence electrons. The Kier molecular flexibility index (Phi) is 8.41. The van der Waals surface area contributed by atoms with Crippen LogP contribution >= 0.6 is 0 Å². The fourth-order valence-corrected chi connectivity index (χ4v) is 4.33. The van der Waals surface area contributed by atoms with Gasteiger partial charge in [0.05, 0.1) is 42.1 Å². The predicted octanol–water partition coefficient (Wildman–Crippen LogP) is 6.46. The molecule has 1 aromatic heterocycles. The fraction of sp³-hybridized carbons (Fsp3) is 0.357. The number of aromatic nitrogens is 1. The number of rotatable bonds is 7. The third-order valence-electron chi connectivity index (χ3n) is 6.83. The van der Waals surface area contributed by atoms with Crippen molar-refractivity contribution in [2.75, 3.05) is 32.1 Å². The van der Waals surface area contributed by atoms with Gasteiger partial charge in [-0.3, -0.25) is 4.79 Å². The summed E-state index contributed by atoms with van der Waals surface area (Å²) in [6.45, 7) is 3.67. The molecule has 0 radical (unpaired) electrons. The van der Waals surface area contributed by atoms with Gasteiger partial charge in [0.2, 0.25) is 11.7 Å². The highest BCUT2D eigenvalue weighted by Gasteiger charge is 2.41. The third-order valence-corrected chi connectivity index (χ3v) is 6.83. The van der Waals surface area contributed by atoms with Gasteiger partial charge >= 0.3 is 12.4 Å². The molecule has 0 saturated carbocycles. The average molecular weight is 570 g/mol. The molecule has 1 atom stereocenters. The maximum absolute atomic E-state index is 13.8. The van der Waals surface area contributed by atoms with E-state index in [4.69, 9.17) is 0 Å². The van der Waals surface area contributed by atoms with Crippen LogP contribution in [0.4, 0.5) is 37.8 Å². The Morgan fingerprint density at radius 2 is 1.48 bits per heavy atom. The Labute approximate surface area is 227 Å². The summed E-state index contributed by atoms with van der Waals surface area (Å²) in [7, 11) is 2.63. The number of hydrogen-bond acceptors (Lipinski definition) is 4. The SMILES string of the molecule is Cc1ccccc1-c1cc([N+](C)([O-])CCO)ncc1N(C)C(=O)C(C)(C)c1cc(C(F)(F)F)cc(C(F)(F)F)c1. The smallest absolute Gasteiger partial charge is 0.416 e. The molecule has 2 aromatic carbocycles. The van der Waals surface area contributed by atoms with Gasteiger partial charge in [0.25, 0.3) is 0 Å².